The molecule has 0 bridgehead atoms. The van der Waals surface area contributed by atoms with Crippen molar-refractivity contribution in [3.63, 3.8) is 0 Å². The van der Waals surface area contributed by atoms with Crippen LogP contribution in [0.15, 0.2) is 24.3 Å². The topological polar surface area (TPSA) is 12.0 Å². The second-order valence-corrected chi connectivity index (χ2v) is 3.02. The van der Waals surface area contributed by atoms with Crippen LogP contribution in [0.2, 0.25) is 0 Å². The Morgan fingerprint density at radius 3 is 2.40 bits per heavy atom. The van der Waals surface area contributed by atoms with Gasteiger partial charge >= 0.3 is 0 Å². The SMILES string of the molecule is C/C=C\c1ccc(NC)cc1CC.CC. The van der Waals surface area contributed by atoms with Gasteiger partial charge in [0.05, 0.1) is 0 Å². The van der Waals surface area contributed by atoms with E-state index in [1.165, 1.54) is 16.8 Å². The van der Waals surface area contributed by atoms with Gasteiger partial charge in [-0.15, -0.1) is 0 Å². The van der Waals surface area contributed by atoms with Crippen LogP contribution in [0.4, 0.5) is 5.69 Å². The standard InChI is InChI=1S/C12H17N.C2H6/c1-4-6-11-7-8-12(13-3)9-10(11)5-2;1-2/h4,6-9,13H,5H2,1-3H3;1-2H3/b6-4-;. The van der Waals surface area contributed by atoms with Gasteiger partial charge in [-0.2, -0.15) is 0 Å². The van der Waals surface area contributed by atoms with Crippen LogP contribution in [0.25, 0.3) is 6.08 Å². The predicted molar refractivity (Wildman–Crippen MR) is 71.4 cm³/mol. The quantitative estimate of drug-likeness (QED) is 0.773. The Morgan fingerprint density at radius 2 is 1.93 bits per heavy atom. The summed E-state index contributed by atoms with van der Waals surface area (Å²) in [6.07, 6.45) is 5.31. The van der Waals surface area contributed by atoms with Crippen LogP contribution >= 0.6 is 0 Å². The highest BCUT2D eigenvalue weighted by atomic mass is 14.8. The number of hydrogen-bond donors (Lipinski definition) is 1. The van der Waals surface area contributed by atoms with Gasteiger partial charge in [-0.05, 0) is 36.6 Å². The Hall–Kier alpha value is -1.24. The number of nitrogens with one attached hydrogen (secondary N) is 1. The zero-order chi connectivity index (χ0) is 11.7. The molecule has 84 valence electrons. The third-order valence-electron chi connectivity index (χ3n) is 2.16. The first kappa shape index (κ1) is 13.8. The summed E-state index contributed by atoms with van der Waals surface area (Å²) in [5, 5.41) is 3.15. The van der Waals surface area contributed by atoms with E-state index in [9.17, 15) is 0 Å². The van der Waals surface area contributed by atoms with Crippen LogP contribution in [-0.2, 0) is 6.42 Å². The summed E-state index contributed by atoms with van der Waals surface area (Å²) in [6.45, 7) is 8.23. The van der Waals surface area contributed by atoms with Crippen LogP contribution in [-0.4, -0.2) is 7.05 Å². The largest absolute Gasteiger partial charge is 0.388 e. The molecule has 0 aliphatic carbocycles. The van der Waals surface area contributed by atoms with Crippen molar-refractivity contribution >= 4 is 11.8 Å². The lowest BCUT2D eigenvalue weighted by atomic mass is 10.0. The lowest BCUT2D eigenvalue weighted by Crippen LogP contribution is -1.92. The molecule has 1 heteroatoms. The van der Waals surface area contributed by atoms with E-state index in [1.54, 1.807) is 0 Å². The van der Waals surface area contributed by atoms with Crippen molar-refractivity contribution < 1.29 is 0 Å². The molecular formula is C14H23N. The second-order valence-electron chi connectivity index (χ2n) is 3.02. The molecule has 0 radical (unpaired) electrons. The van der Waals surface area contributed by atoms with Crippen molar-refractivity contribution in [3.8, 4) is 0 Å². The first-order valence-corrected chi connectivity index (χ1v) is 5.75. The average molecular weight is 205 g/mol. The van der Waals surface area contributed by atoms with Crippen molar-refractivity contribution in [3.05, 3.63) is 35.4 Å². The molecule has 0 fully saturated rings. The molecule has 1 nitrogen and oxygen atoms in total. The molecule has 0 spiro atoms. The number of anilines is 1. The Kier molecular flexibility index (Phi) is 7.43. The number of hydrogen-bond acceptors (Lipinski definition) is 1. The fraction of sp³-hybridized carbons (Fsp3) is 0.429. The fourth-order valence-corrected chi connectivity index (χ4v) is 1.41. The molecule has 0 saturated carbocycles. The summed E-state index contributed by atoms with van der Waals surface area (Å²) in [7, 11) is 1.95. The van der Waals surface area contributed by atoms with Crippen molar-refractivity contribution in [1.29, 1.82) is 0 Å². The number of allylic oxidation sites excluding steroid dienone is 1. The molecular weight excluding hydrogens is 182 g/mol. The molecule has 0 saturated heterocycles. The monoisotopic (exact) mass is 205 g/mol. The molecule has 15 heavy (non-hydrogen) atoms. The predicted octanol–water partition coefficient (Wildman–Crippen LogP) is 4.35. The highest BCUT2D eigenvalue weighted by Gasteiger charge is 1.97. The van der Waals surface area contributed by atoms with Gasteiger partial charge in [0.2, 0.25) is 0 Å². The number of benzene rings is 1. The zero-order valence-corrected chi connectivity index (χ0v) is 10.6. The van der Waals surface area contributed by atoms with Crippen LogP contribution < -0.4 is 5.32 Å². The number of rotatable bonds is 3. The lowest BCUT2D eigenvalue weighted by Gasteiger charge is -2.06. The van der Waals surface area contributed by atoms with Gasteiger partial charge < -0.3 is 5.32 Å². The minimum absolute atomic E-state index is 1.08. The summed E-state index contributed by atoms with van der Waals surface area (Å²) < 4.78 is 0. The first-order chi connectivity index (χ1) is 7.31. The maximum atomic E-state index is 3.15. The zero-order valence-electron chi connectivity index (χ0n) is 10.6. The summed E-state index contributed by atoms with van der Waals surface area (Å²) in [6, 6.07) is 6.47. The maximum absolute atomic E-state index is 3.15. The summed E-state index contributed by atoms with van der Waals surface area (Å²) in [5.74, 6) is 0. The minimum Gasteiger partial charge on any atom is -0.388 e. The van der Waals surface area contributed by atoms with Crippen molar-refractivity contribution in [2.45, 2.75) is 34.1 Å². The molecule has 0 atom stereocenters. The van der Waals surface area contributed by atoms with Crippen LogP contribution in [0.1, 0.15) is 38.8 Å². The fourth-order valence-electron chi connectivity index (χ4n) is 1.41. The van der Waals surface area contributed by atoms with Crippen LogP contribution in [0.5, 0.6) is 0 Å². The van der Waals surface area contributed by atoms with Crippen LogP contribution in [0, 0.1) is 0 Å². The third kappa shape index (κ3) is 4.20. The molecule has 1 N–H and O–H groups in total. The Labute approximate surface area is 94.2 Å². The molecule has 1 rings (SSSR count). The molecule has 0 aliphatic heterocycles. The molecule has 0 aliphatic rings. The normalized spacial score (nSPS) is 9.67. The Morgan fingerprint density at radius 1 is 1.27 bits per heavy atom. The summed E-state index contributed by atoms with van der Waals surface area (Å²) in [4.78, 5) is 0. The highest BCUT2D eigenvalue weighted by Crippen LogP contribution is 2.17. The van der Waals surface area contributed by atoms with E-state index in [0.29, 0.717) is 0 Å². The number of aryl methyl sites for hydroxylation is 1. The van der Waals surface area contributed by atoms with Gasteiger partial charge in [0.1, 0.15) is 0 Å². The van der Waals surface area contributed by atoms with Gasteiger partial charge in [0.25, 0.3) is 0 Å². The highest BCUT2D eigenvalue weighted by molar-refractivity contribution is 5.59. The minimum atomic E-state index is 1.08. The van der Waals surface area contributed by atoms with Gasteiger partial charge in [0.15, 0.2) is 0 Å². The van der Waals surface area contributed by atoms with E-state index >= 15 is 0 Å². The second kappa shape index (κ2) is 8.10. The van der Waals surface area contributed by atoms with Gasteiger partial charge in [0, 0.05) is 12.7 Å². The van der Waals surface area contributed by atoms with Crippen LogP contribution in [0.3, 0.4) is 0 Å². The van der Waals surface area contributed by atoms with E-state index in [0.717, 1.165) is 6.42 Å². The Balaban J connectivity index is 0.000000921. The van der Waals surface area contributed by atoms with Gasteiger partial charge in [-0.1, -0.05) is 39.0 Å². The van der Waals surface area contributed by atoms with Crippen molar-refractivity contribution in [1.82, 2.24) is 0 Å². The average Bonchev–Trinajstić information content (AvgIpc) is 2.32. The molecule has 0 aromatic heterocycles. The van der Waals surface area contributed by atoms with Gasteiger partial charge in [-0.3, -0.25) is 0 Å². The summed E-state index contributed by atoms with van der Waals surface area (Å²) in [5.41, 5.74) is 3.90. The van der Waals surface area contributed by atoms with E-state index in [1.807, 2.05) is 27.8 Å². The first-order valence-electron chi connectivity index (χ1n) is 5.75. The van der Waals surface area contributed by atoms with Gasteiger partial charge in [-0.25, -0.2) is 0 Å². The summed E-state index contributed by atoms with van der Waals surface area (Å²) >= 11 is 0. The van der Waals surface area contributed by atoms with Crippen molar-refractivity contribution in [2.75, 3.05) is 12.4 Å². The third-order valence-corrected chi connectivity index (χ3v) is 2.16. The van der Waals surface area contributed by atoms with E-state index in [4.69, 9.17) is 0 Å². The molecule has 0 heterocycles. The molecule has 0 unspecified atom stereocenters. The van der Waals surface area contributed by atoms with E-state index in [-0.39, 0.29) is 0 Å². The molecule has 1 aromatic carbocycles. The van der Waals surface area contributed by atoms with Crippen molar-refractivity contribution in [2.24, 2.45) is 0 Å². The maximum Gasteiger partial charge on any atom is 0.0340 e. The van der Waals surface area contributed by atoms with E-state index < -0.39 is 0 Å². The molecule has 1 aromatic rings. The van der Waals surface area contributed by atoms with E-state index in [2.05, 4.69) is 42.6 Å². The smallest absolute Gasteiger partial charge is 0.0340 e. The molecule has 0 amide bonds. The lowest BCUT2D eigenvalue weighted by molar-refractivity contribution is 1.13. The Bertz CT molecular complexity index is 300.